The lowest BCUT2D eigenvalue weighted by Gasteiger charge is -2.32. The summed E-state index contributed by atoms with van der Waals surface area (Å²) in [6.45, 7) is 3.28. The van der Waals surface area contributed by atoms with Crippen molar-refractivity contribution in [3.63, 3.8) is 0 Å². The van der Waals surface area contributed by atoms with Crippen molar-refractivity contribution in [3.8, 4) is 0 Å². The molecule has 0 spiro atoms. The largest absolute Gasteiger partial charge is 0.481 e. The van der Waals surface area contributed by atoms with Gasteiger partial charge in [0.2, 0.25) is 11.8 Å². The van der Waals surface area contributed by atoms with Crippen molar-refractivity contribution in [1.82, 2.24) is 0 Å². The first-order valence-electron chi connectivity index (χ1n) is 8.24. The molecule has 6 heteroatoms. The number of benzene rings is 1. The topological polar surface area (TPSA) is 95.5 Å². The van der Waals surface area contributed by atoms with Crippen molar-refractivity contribution in [2.75, 3.05) is 10.6 Å². The van der Waals surface area contributed by atoms with Gasteiger partial charge in [-0.3, -0.25) is 14.4 Å². The zero-order chi connectivity index (χ0) is 17.7. The summed E-state index contributed by atoms with van der Waals surface area (Å²) in [7, 11) is 0. The number of carbonyl (C=O) groups excluding carboxylic acids is 2. The van der Waals surface area contributed by atoms with Crippen LogP contribution in [-0.2, 0) is 14.4 Å². The molecular formula is C18H24N2O4. The van der Waals surface area contributed by atoms with E-state index in [1.165, 1.54) is 6.92 Å². The van der Waals surface area contributed by atoms with Crippen molar-refractivity contribution >= 4 is 29.2 Å². The van der Waals surface area contributed by atoms with Gasteiger partial charge in [0.1, 0.15) is 0 Å². The molecular weight excluding hydrogens is 308 g/mol. The van der Waals surface area contributed by atoms with E-state index in [2.05, 4.69) is 10.6 Å². The van der Waals surface area contributed by atoms with Crippen LogP contribution in [0.5, 0.6) is 0 Å². The van der Waals surface area contributed by atoms with Gasteiger partial charge in [0.25, 0.3) is 0 Å². The lowest BCUT2D eigenvalue weighted by molar-refractivity contribution is -0.153. The number of amides is 2. The summed E-state index contributed by atoms with van der Waals surface area (Å²) in [5.74, 6) is -1.38. The van der Waals surface area contributed by atoms with E-state index in [9.17, 15) is 19.5 Å². The van der Waals surface area contributed by atoms with Crippen molar-refractivity contribution in [2.24, 2.45) is 5.41 Å². The molecule has 24 heavy (non-hydrogen) atoms. The summed E-state index contributed by atoms with van der Waals surface area (Å²) in [5, 5.41) is 15.0. The van der Waals surface area contributed by atoms with E-state index in [1.807, 2.05) is 6.92 Å². The first-order valence-corrected chi connectivity index (χ1v) is 8.24. The molecule has 1 aromatic carbocycles. The van der Waals surface area contributed by atoms with Gasteiger partial charge in [0, 0.05) is 24.7 Å². The van der Waals surface area contributed by atoms with Crippen molar-refractivity contribution in [3.05, 3.63) is 23.8 Å². The van der Waals surface area contributed by atoms with E-state index in [0.29, 0.717) is 24.2 Å². The number of carboxylic acid groups (broad SMARTS) is 1. The number of rotatable bonds is 5. The maximum Gasteiger partial charge on any atom is 0.310 e. The minimum atomic E-state index is -0.951. The molecule has 6 nitrogen and oxygen atoms in total. The van der Waals surface area contributed by atoms with Gasteiger partial charge in [-0.2, -0.15) is 0 Å². The fourth-order valence-corrected chi connectivity index (χ4v) is 3.23. The summed E-state index contributed by atoms with van der Waals surface area (Å²) in [4.78, 5) is 35.2. The van der Waals surface area contributed by atoms with E-state index in [0.717, 1.165) is 24.8 Å². The van der Waals surface area contributed by atoms with Crippen LogP contribution in [0.15, 0.2) is 18.2 Å². The molecule has 1 aliphatic carbocycles. The Hall–Kier alpha value is -2.37. The van der Waals surface area contributed by atoms with Crippen LogP contribution in [0.25, 0.3) is 0 Å². The molecule has 0 atom stereocenters. The summed E-state index contributed by atoms with van der Waals surface area (Å²) < 4.78 is 0. The normalized spacial score (nSPS) is 16.2. The Kier molecular flexibility index (Phi) is 5.59. The highest BCUT2D eigenvalue weighted by Gasteiger charge is 2.41. The van der Waals surface area contributed by atoms with Crippen LogP contribution in [-0.4, -0.2) is 22.9 Å². The first-order chi connectivity index (χ1) is 11.3. The molecule has 1 fully saturated rings. The number of carboxylic acids is 1. The van der Waals surface area contributed by atoms with Crippen LogP contribution in [0.2, 0.25) is 0 Å². The maximum absolute atomic E-state index is 12.3. The second-order valence-electron chi connectivity index (χ2n) is 6.58. The fourth-order valence-electron chi connectivity index (χ4n) is 3.23. The Bertz CT molecular complexity index is 648. The van der Waals surface area contributed by atoms with Crippen LogP contribution in [0.3, 0.4) is 0 Å². The van der Waals surface area contributed by atoms with Crippen LogP contribution >= 0.6 is 0 Å². The predicted molar refractivity (Wildman–Crippen MR) is 91.9 cm³/mol. The molecule has 0 heterocycles. The van der Waals surface area contributed by atoms with Crippen LogP contribution < -0.4 is 10.6 Å². The third-order valence-corrected chi connectivity index (χ3v) is 4.60. The monoisotopic (exact) mass is 332 g/mol. The molecule has 0 bridgehead atoms. The van der Waals surface area contributed by atoms with E-state index in [4.69, 9.17) is 0 Å². The van der Waals surface area contributed by atoms with Crippen molar-refractivity contribution < 1.29 is 19.5 Å². The first kappa shape index (κ1) is 18.0. The average Bonchev–Trinajstić information content (AvgIpc) is 2.51. The van der Waals surface area contributed by atoms with E-state index in [-0.39, 0.29) is 18.2 Å². The molecule has 1 aliphatic rings. The number of nitrogens with one attached hydrogen (secondary N) is 2. The van der Waals surface area contributed by atoms with Gasteiger partial charge < -0.3 is 15.7 Å². The molecule has 0 radical (unpaired) electrons. The van der Waals surface area contributed by atoms with Gasteiger partial charge in [-0.25, -0.2) is 0 Å². The molecule has 130 valence electrons. The number of hydrogen-bond donors (Lipinski definition) is 3. The molecule has 1 aromatic rings. The lowest BCUT2D eigenvalue weighted by Crippen LogP contribution is -2.37. The highest BCUT2D eigenvalue weighted by molar-refractivity contribution is 5.96. The third kappa shape index (κ3) is 4.34. The van der Waals surface area contributed by atoms with E-state index in [1.54, 1.807) is 18.2 Å². The Morgan fingerprint density at radius 2 is 1.79 bits per heavy atom. The zero-order valence-corrected chi connectivity index (χ0v) is 14.1. The molecule has 0 unspecified atom stereocenters. The summed E-state index contributed by atoms with van der Waals surface area (Å²) >= 11 is 0. The smallest absolute Gasteiger partial charge is 0.310 e. The van der Waals surface area contributed by atoms with Crippen LogP contribution in [0, 0.1) is 12.3 Å². The van der Waals surface area contributed by atoms with Gasteiger partial charge in [-0.05, 0) is 37.5 Å². The predicted octanol–water partition coefficient (Wildman–Crippen LogP) is 3.32. The quantitative estimate of drug-likeness (QED) is 0.771. The van der Waals surface area contributed by atoms with Crippen molar-refractivity contribution in [2.45, 2.75) is 52.4 Å². The number of carbonyl (C=O) groups is 3. The molecule has 1 saturated carbocycles. The summed E-state index contributed by atoms with van der Waals surface area (Å²) in [5.41, 5.74) is 1.11. The van der Waals surface area contributed by atoms with Gasteiger partial charge >= 0.3 is 5.97 Å². The SMILES string of the molecule is CC(=O)Nc1cc(NC(=O)CC2(C(=O)O)CCCCC2)ccc1C. The zero-order valence-electron chi connectivity index (χ0n) is 14.1. The molecule has 0 saturated heterocycles. The number of aryl methyl sites for hydroxylation is 1. The highest BCUT2D eigenvalue weighted by Crippen LogP contribution is 2.39. The summed E-state index contributed by atoms with van der Waals surface area (Å²) in [6.07, 6.45) is 3.77. The minimum absolute atomic E-state index is 0.0221. The molecule has 3 N–H and O–H groups in total. The van der Waals surface area contributed by atoms with E-state index < -0.39 is 11.4 Å². The third-order valence-electron chi connectivity index (χ3n) is 4.60. The highest BCUT2D eigenvalue weighted by atomic mass is 16.4. The standard InChI is InChI=1S/C18H24N2O4/c1-12-6-7-14(10-15(12)19-13(2)21)20-16(22)11-18(17(23)24)8-4-3-5-9-18/h6-7,10H,3-5,8-9,11H2,1-2H3,(H,19,21)(H,20,22)(H,23,24). The van der Waals surface area contributed by atoms with Crippen LogP contribution in [0.4, 0.5) is 11.4 Å². The van der Waals surface area contributed by atoms with Crippen LogP contribution in [0.1, 0.15) is 51.0 Å². The molecule has 0 aliphatic heterocycles. The van der Waals surface area contributed by atoms with E-state index >= 15 is 0 Å². The second-order valence-corrected chi connectivity index (χ2v) is 6.58. The number of anilines is 2. The molecule has 2 rings (SSSR count). The number of aliphatic carboxylic acids is 1. The van der Waals surface area contributed by atoms with Gasteiger partial charge in [-0.15, -0.1) is 0 Å². The lowest BCUT2D eigenvalue weighted by atomic mass is 9.71. The Labute approximate surface area is 141 Å². The van der Waals surface area contributed by atoms with Crippen molar-refractivity contribution in [1.29, 1.82) is 0 Å². The Balaban J connectivity index is 2.08. The van der Waals surface area contributed by atoms with Gasteiger partial charge in [0.05, 0.1) is 5.41 Å². The molecule has 0 aromatic heterocycles. The minimum Gasteiger partial charge on any atom is -0.481 e. The van der Waals surface area contributed by atoms with Gasteiger partial charge in [-0.1, -0.05) is 25.3 Å². The average molecular weight is 332 g/mol. The number of hydrogen-bond acceptors (Lipinski definition) is 3. The fraction of sp³-hybridized carbons (Fsp3) is 0.500. The summed E-state index contributed by atoms with van der Waals surface area (Å²) in [6, 6.07) is 5.23. The second kappa shape index (κ2) is 7.47. The van der Waals surface area contributed by atoms with Gasteiger partial charge in [0.15, 0.2) is 0 Å². The Morgan fingerprint density at radius 1 is 1.12 bits per heavy atom. The Morgan fingerprint density at radius 3 is 2.38 bits per heavy atom. The maximum atomic E-state index is 12.3. The molecule has 2 amide bonds.